The van der Waals surface area contributed by atoms with E-state index in [4.69, 9.17) is 0 Å². The SMILES string of the molecule is CCCNC(=O)C1(C(=O)NCc2cccc(C)c2)CC1. The van der Waals surface area contributed by atoms with E-state index in [2.05, 4.69) is 10.6 Å². The van der Waals surface area contributed by atoms with Crippen molar-refractivity contribution in [2.45, 2.75) is 39.7 Å². The first-order valence-electron chi connectivity index (χ1n) is 7.20. The molecule has 1 aromatic carbocycles. The van der Waals surface area contributed by atoms with Crippen molar-refractivity contribution in [3.63, 3.8) is 0 Å². The van der Waals surface area contributed by atoms with E-state index in [1.165, 1.54) is 5.56 Å². The highest BCUT2D eigenvalue weighted by molar-refractivity contribution is 6.07. The predicted molar refractivity (Wildman–Crippen MR) is 78.0 cm³/mol. The Morgan fingerprint density at radius 3 is 2.50 bits per heavy atom. The molecule has 0 saturated heterocycles. The van der Waals surface area contributed by atoms with Crippen molar-refractivity contribution < 1.29 is 9.59 Å². The molecule has 20 heavy (non-hydrogen) atoms. The molecule has 0 unspecified atom stereocenters. The summed E-state index contributed by atoms with van der Waals surface area (Å²) in [5.41, 5.74) is 1.42. The molecule has 108 valence electrons. The molecule has 0 aliphatic heterocycles. The third kappa shape index (κ3) is 3.18. The van der Waals surface area contributed by atoms with Crippen LogP contribution in [0.25, 0.3) is 0 Å². The number of aryl methyl sites for hydroxylation is 1. The number of carbonyl (C=O) groups excluding carboxylic acids is 2. The molecule has 1 fully saturated rings. The van der Waals surface area contributed by atoms with E-state index < -0.39 is 5.41 Å². The van der Waals surface area contributed by atoms with E-state index in [1.54, 1.807) is 0 Å². The summed E-state index contributed by atoms with van der Waals surface area (Å²) in [5.74, 6) is -0.270. The third-order valence-corrected chi connectivity index (χ3v) is 3.69. The standard InChI is InChI=1S/C16H22N2O2/c1-3-9-17-14(19)16(7-8-16)15(20)18-11-13-6-4-5-12(2)10-13/h4-6,10H,3,7-9,11H2,1-2H3,(H,17,19)(H,18,20). The van der Waals surface area contributed by atoms with E-state index in [9.17, 15) is 9.59 Å². The normalized spacial score (nSPS) is 15.5. The Balaban J connectivity index is 1.90. The van der Waals surface area contributed by atoms with Crippen LogP contribution in [0.1, 0.15) is 37.3 Å². The highest BCUT2D eigenvalue weighted by Crippen LogP contribution is 2.46. The van der Waals surface area contributed by atoms with Gasteiger partial charge in [0.05, 0.1) is 0 Å². The fourth-order valence-corrected chi connectivity index (χ4v) is 2.26. The lowest BCUT2D eigenvalue weighted by atomic mass is 10.0. The zero-order chi connectivity index (χ0) is 14.6. The number of nitrogens with one attached hydrogen (secondary N) is 2. The van der Waals surface area contributed by atoms with Crippen LogP contribution in [-0.2, 0) is 16.1 Å². The first-order valence-corrected chi connectivity index (χ1v) is 7.20. The van der Waals surface area contributed by atoms with Gasteiger partial charge in [0, 0.05) is 13.1 Å². The second-order valence-electron chi connectivity index (χ2n) is 5.51. The zero-order valence-electron chi connectivity index (χ0n) is 12.2. The Hall–Kier alpha value is -1.84. The Bertz CT molecular complexity index is 507. The summed E-state index contributed by atoms with van der Waals surface area (Å²) in [6.45, 7) is 5.12. The maximum Gasteiger partial charge on any atom is 0.235 e. The number of hydrogen-bond acceptors (Lipinski definition) is 2. The molecule has 1 aromatic rings. The number of benzene rings is 1. The van der Waals surface area contributed by atoms with Gasteiger partial charge in [-0.2, -0.15) is 0 Å². The van der Waals surface area contributed by atoms with Gasteiger partial charge in [-0.05, 0) is 31.7 Å². The van der Waals surface area contributed by atoms with Gasteiger partial charge in [-0.3, -0.25) is 9.59 Å². The molecule has 2 rings (SSSR count). The summed E-state index contributed by atoms with van der Waals surface area (Å²) >= 11 is 0. The van der Waals surface area contributed by atoms with Gasteiger partial charge in [0.15, 0.2) is 0 Å². The van der Waals surface area contributed by atoms with Crippen molar-refractivity contribution in [1.29, 1.82) is 0 Å². The van der Waals surface area contributed by atoms with Crippen molar-refractivity contribution in [1.82, 2.24) is 10.6 Å². The number of amides is 2. The first-order chi connectivity index (χ1) is 9.58. The molecule has 4 heteroatoms. The van der Waals surface area contributed by atoms with Crippen LogP contribution in [0.3, 0.4) is 0 Å². The summed E-state index contributed by atoms with van der Waals surface area (Å²) in [5, 5.41) is 5.71. The molecule has 0 atom stereocenters. The second kappa shape index (κ2) is 6.07. The zero-order valence-corrected chi connectivity index (χ0v) is 12.2. The quantitative estimate of drug-likeness (QED) is 0.779. The van der Waals surface area contributed by atoms with Crippen molar-refractivity contribution in [3.05, 3.63) is 35.4 Å². The lowest BCUT2D eigenvalue weighted by Gasteiger charge is -2.15. The summed E-state index contributed by atoms with van der Waals surface area (Å²) in [7, 11) is 0. The van der Waals surface area contributed by atoms with Crippen LogP contribution < -0.4 is 10.6 Å². The summed E-state index contributed by atoms with van der Waals surface area (Å²) in [6, 6.07) is 8.00. The van der Waals surface area contributed by atoms with Crippen LogP contribution in [0.5, 0.6) is 0 Å². The lowest BCUT2D eigenvalue weighted by molar-refractivity contribution is -0.137. The number of carbonyl (C=O) groups is 2. The molecule has 0 bridgehead atoms. The smallest absolute Gasteiger partial charge is 0.235 e. The van der Waals surface area contributed by atoms with Gasteiger partial charge in [-0.15, -0.1) is 0 Å². The van der Waals surface area contributed by atoms with Gasteiger partial charge in [0.25, 0.3) is 0 Å². The van der Waals surface area contributed by atoms with Gasteiger partial charge in [0.2, 0.25) is 11.8 Å². The van der Waals surface area contributed by atoms with Gasteiger partial charge >= 0.3 is 0 Å². The molecule has 0 heterocycles. The molecule has 0 spiro atoms. The highest BCUT2D eigenvalue weighted by Gasteiger charge is 2.56. The van der Waals surface area contributed by atoms with Crippen LogP contribution >= 0.6 is 0 Å². The van der Waals surface area contributed by atoms with Gasteiger partial charge in [-0.25, -0.2) is 0 Å². The Morgan fingerprint density at radius 2 is 1.90 bits per heavy atom. The van der Waals surface area contributed by atoms with E-state index in [1.807, 2.05) is 38.1 Å². The molecule has 1 aliphatic rings. The molecule has 2 N–H and O–H groups in total. The average Bonchev–Trinajstić information content (AvgIpc) is 3.24. The van der Waals surface area contributed by atoms with Gasteiger partial charge in [0.1, 0.15) is 5.41 Å². The Labute approximate surface area is 119 Å². The third-order valence-electron chi connectivity index (χ3n) is 3.69. The molecule has 4 nitrogen and oxygen atoms in total. The fraction of sp³-hybridized carbons (Fsp3) is 0.500. The summed E-state index contributed by atoms with van der Waals surface area (Å²) in [4.78, 5) is 24.2. The average molecular weight is 274 g/mol. The summed E-state index contributed by atoms with van der Waals surface area (Å²) < 4.78 is 0. The van der Waals surface area contributed by atoms with Gasteiger partial charge in [-0.1, -0.05) is 36.8 Å². The van der Waals surface area contributed by atoms with Crippen molar-refractivity contribution in [2.75, 3.05) is 6.54 Å². The predicted octanol–water partition coefficient (Wildman–Crippen LogP) is 1.92. The van der Waals surface area contributed by atoms with E-state index in [0.29, 0.717) is 25.9 Å². The molecular weight excluding hydrogens is 252 g/mol. The molecule has 0 aromatic heterocycles. The van der Waals surface area contributed by atoms with E-state index in [0.717, 1.165) is 12.0 Å². The second-order valence-corrected chi connectivity index (χ2v) is 5.51. The van der Waals surface area contributed by atoms with Crippen LogP contribution in [0, 0.1) is 12.3 Å². The number of hydrogen-bond donors (Lipinski definition) is 2. The minimum absolute atomic E-state index is 0.124. The monoisotopic (exact) mass is 274 g/mol. The van der Waals surface area contributed by atoms with E-state index >= 15 is 0 Å². The lowest BCUT2D eigenvalue weighted by Crippen LogP contribution is -2.43. The molecule has 0 radical (unpaired) electrons. The maximum atomic E-state index is 12.2. The van der Waals surface area contributed by atoms with Crippen molar-refractivity contribution in [3.8, 4) is 0 Å². The largest absolute Gasteiger partial charge is 0.355 e. The highest BCUT2D eigenvalue weighted by atomic mass is 16.2. The van der Waals surface area contributed by atoms with Gasteiger partial charge < -0.3 is 10.6 Å². The van der Waals surface area contributed by atoms with Crippen LogP contribution in [-0.4, -0.2) is 18.4 Å². The van der Waals surface area contributed by atoms with E-state index in [-0.39, 0.29) is 11.8 Å². The molecule has 2 amide bonds. The minimum atomic E-state index is -0.807. The maximum absolute atomic E-state index is 12.2. The fourth-order valence-electron chi connectivity index (χ4n) is 2.26. The van der Waals surface area contributed by atoms with Crippen LogP contribution in [0.15, 0.2) is 24.3 Å². The van der Waals surface area contributed by atoms with Crippen LogP contribution in [0.4, 0.5) is 0 Å². The topological polar surface area (TPSA) is 58.2 Å². The molecule has 1 aliphatic carbocycles. The molecule has 1 saturated carbocycles. The minimum Gasteiger partial charge on any atom is -0.355 e. The Morgan fingerprint density at radius 1 is 1.20 bits per heavy atom. The summed E-state index contributed by atoms with van der Waals surface area (Å²) in [6.07, 6.45) is 2.19. The van der Waals surface area contributed by atoms with Crippen LogP contribution in [0.2, 0.25) is 0 Å². The molecular formula is C16H22N2O2. The first kappa shape index (κ1) is 14.6. The Kier molecular flexibility index (Phi) is 4.42. The van der Waals surface area contributed by atoms with Crippen molar-refractivity contribution >= 4 is 11.8 Å². The number of rotatable bonds is 6. The van der Waals surface area contributed by atoms with Crippen molar-refractivity contribution in [2.24, 2.45) is 5.41 Å².